The minimum atomic E-state index is -3.88. The molecule has 2 aromatic carbocycles. The molecular formula is C14H11NO6S. The van der Waals surface area contributed by atoms with Crippen LogP contribution in [0.3, 0.4) is 0 Å². The third-order valence-corrected chi connectivity index (χ3v) is 4.19. The van der Waals surface area contributed by atoms with Crippen LogP contribution in [0.25, 0.3) is 0 Å². The molecule has 0 aliphatic heterocycles. The maximum absolute atomic E-state index is 12.1. The van der Waals surface area contributed by atoms with E-state index in [4.69, 9.17) is 10.2 Å². The number of benzene rings is 2. The number of hydrogen-bond donors (Lipinski definition) is 3. The first-order chi connectivity index (χ1) is 10.3. The van der Waals surface area contributed by atoms with Crippen molar-refractivity contribution >= 4 is 27.6 Å². The van der Waals surface area contributed by atoms with Crippen molar-refractivity contribution in [3.05, 3.63) is 59.7 Å². The van der Waals surface area contributed by atoms with E-state index in [1.807, 2.05) is 0 Å². The minimum Gasteiger partial charge on any atom is -0.478 e. The lowest BCUT2D eigenvalue weighted by molar-refractivity contribution is 0.0686. The third kappa shape index (κ3) is 3.41. The summed E-state index contributed by atoms with van der Waals surface area (Å²) in [6, 6.07) is 9.92. The normalized spacial score (nSPS) is 10.9. The van der Waals surface area contributed by atoms with E-state index >= 15 is 0 Å². The van der Waals surface area contributed by atoms with Gasteiger partial charge in [0.15, 0.2) is 0 Å². The van der Waals surface area contributed by atoms with Crippen molar-refractivity contribution in [2.24, 2.45) is 0 Å². The molecule has 0 radical (unpaired) electrons. The molecule has 0 unspecified atom stereocenters. The van der Waals surface area contributed by atoms with Gasteiger partial charge in [0.25, 0.3) is 10.0 Å². The second kappa shape index (κ2) is 5.86. The Bertz CT molecular complexity index is 809. The van der Waals surface area contributed by atoms with Gasteiger partial charge in [0.05, 0.1) is 16.0 Å². The van der Waals surface area contributed by atoms with E-state index in [-0.39, 0.29) is 21.7 Å². The minimum absolute atomic E-state index is 0.0234. The number of aromatic carboxylic acids is 2. The van der Waals surface area contributed by atoms with Crippen LogP contribution in [0.15, 0.2) is 53.4 Å². The predicted molar refractivity (Wildman–Crippen MR) is 77.6 cm³/mol. The predicted octanol–water partition coefficient (Wildman–Crippen LogP) is 1.88. The van der Waals surface area contributed by atoms with Crippen molar-refractivity contribution in [2.75, 3.05) is 4.72 Å². The highest BCUT2D eigenvalue weighted by molar-refractivity contribution is 7.92. The molecule has 0 atom stereocenters. The maximum Gasteiger partial charge on any atom is 0.335 e. The average molecular weight is 321 g/mol. The molecule has 0 saturated heterocycles. The van der Waals surface area contributed by atoms with E-state index < -0.39 is 22.0 Å². The third-order valence-electron chi connectivity index (χ3n) is 2.80. The van der Waals surface area contributed by atoms with Crippen molar-refractivity contribution < 1.29 is 28.2 Å². The van der Waals surface area contributed by atoms with Crippen LogP contribution in [0.1, 0.15) is 20.7 Å². The van der Waals surface area contributed by atoms with Gasteiger partial charge in [-0.3, -0.25) is 4.72 Å². The average Bonchev–Trinajstić information content (AvgIpc) is 2.47. The Hall–Kier alpha value is -2.87. The summed E-state index contributed by atoms with van der Waals surface area (Å²) in [6.45, 7) is 0. The fraction of sp³-hybridized carbons (Fsp3) is 0. The lowest BCUT2D eigenvalue weighted by Gasteiger charge is -2.08. The van der Waals surface area contributed by atoms with Gasteiger partial charge in [-0.25, -0.2) is 18.0 Å². The number of carboxylic acids is 2. The Morgan fingerprint density at radius 3 is 1.59 bits per heavy atom. The van der Waals surface area contributed by atoms with Gasteiger partial charge < -0.3 is 10.2 Å². The van der Waals surface area contributed by atoms with Crippen LogP contribution in [0, 0.1) is 0 Å². The van der Waals surface area contributed by atoms with Gasteiger partial charge in [-0.1, -0.05) is 0 Å². The number of sulfonamides is 1. The molecule has 0 aliphatic rings. The Labute approximate surface area is 125 Å². The van der Waals surface area contributed by atoms with Gasteiger partial charge in [-0.2, -0.15) is 0 Å². The van der Waals surface area contributed by atoms with Gasteiger partial charge in [0, 0.05) is 5.69 Å². The summed E-state index contributed by atoms with van der Waals surface area (Å²) in [6.07, 6.45) is 0. The number of hydrogen-bond acceptors (Lipinski definition) is 4. The van der Waals surface area contributed by atoms with Crippen molar-refractivity contribution in [2.45, 2.75) is 4.90 Å². The highest BCUT2D eigenvalue weighted by atomic mass is 32.2. The van der Waals surface area contributed by atoms with Crippen molar-refractivity contribution in [3.63, 3.8) is 0 Å². The molecule has 0 heterocycles. The van der Waals surface area contributed by atoms with Crippen molar-refractivity contribution in [1.82, 2.24) is 0 Å². The monoisotopic (exact) mass is 321 g/mol. The van der Waals surface area contributed by atoms with E-state index in [2.05, 4.69) is 4.72 Å². The van der Waals surface area contributed by atoms with Crippen molar-refractivity contribution in [1.29, 1.82) is 0 Å². The lowest BCUT2D eigenvalue weighted by atomic mass is 10.2. The van der Waals surface area contributed by atoms with E-state index in [0.717, 1.165) is 0 Å². The Kier molecular flexibility index (Phi) is 4.13. The maximum atomic E-state index is 12.1. The van der Waals surface area contributed by atoms with Crippen LogP contribution >= 0.6 is 0 Å². The zero-order valence-electron chi connectivity index (χ0n) is 11.1. The summed E-state index contributed by atoms with van der Waals surface area (Å²) >= 11 is 0. The molecule has 0 bridgehead atoms. The Balaban J connectivity index is 2.23. The molecule has 8 heteroatoms. The van der Waals surface area contributed by atoms with Crippen molar-refractivity contribution in [3.8, 4) is 0 Å². The van der Waals surface area contributed by atoms with Crippen LogP contribution in [0.2, 0.25) is 0 Å². The van der Waals surface area contributed by atoms with Gasteiger partial charge in [-0.05, 0) is 48.5 Å². The van der Waals surface area contributed by atoms with Crippen LogP contribution < -0.4 is 4.72 Å². The quantitative estimate of drug-likeness (QED) is 0.773. The second-order valence-electron chi connectivity index (χ2n) is 4.32. The lowest BCUT2D eigenvalue weighted by Crippen LogP contribution is -2.13. The number of rotatable bonds is 5. The van der Waals surface area contributed by atoms with Gasteiger partial charge in [-0.15, -0.1) is 0 Å². The van der Waals surface area contributed by atoms with Crippen LogP contribution in [0.4, 0.5) is 5.69 Å². The largest absolute Gasteiger partial charge is 0.478 e. The van der Waals surface area contributed by atoms with Gasteiger partial charge in [0.2, 0.25) is 0 Å². The first-order valence-electron chi connectivity index (χ1n) is 5.99. The summed E-state index contributed by atoms with van der Waals surface area (Å²) in [5.41, 5.74) is 0.214. The van der Waals surface area contributed by atoms with Crippen LogP contribution in [-0.4, -0.2) is 30.6 Å². The van der Waals surface area contributed by atoms with Gasteiger partial charge >= 0.3 is 11.9 Å². The molecule has 22 heavy (non-hydrogen) atoms. The molecule has 0 amide bonds. The summed E-state index contributed by atoms with van der Waals surface area (Å²) in [5.74, 6) is -2.26. The highest BCUT2D eigenvalue weighted by Gasteiger charge is 2.15. The summed E-state index contributed by atoms with van der Waals surface area (Å²) < 4.78 is 26.5. The SMILES string of the molecule is O=C(O)c1ccc(NS(=O)(=O)c2ccc(C(=O)O)cc2)cc1. The first-order valence-corrected chi connectivity index (χ1v) is 7.47. The fourth-order valence-corrected chi connectivity index (χ4v) is 2.73. The van der Waals surface area contributed by atoms with E-state index in [9.17, 15) is 18.0 Å². The summed E-state index contributed by atoms with van der Waals surface area (Å²) in [7, 11) is -3.88. The standard InChI is InChI=1S/C14H11NO6S/c16-13(17)9-1-5-11(6-2-9)15-22(20,21)12-7-3-10(4-8-12)14(18)19/h1-8,15H,(H,16,17)(H,18,19). The van der Waals surface area contributed by atoms with E-state index in [1.54, 1.807) is 0 Å². The molecule has 2 rings (SSSR count). The molecule has 7 nitrogen and oxygen atoms in total. The zero-order chi connectivity index (χ0) is 16.3. The van der Waals surface area contributed by atoms with Crippen LogP contribution in [-0.2, 0) is 10.0 Å². The number of carboxylic acid groups (broad SMARTS) is 2. The molecule has 0 spiro atoms. The smallest absolute Gasteiger partial charge is 0.335 e. The van der Waals surface area contributed by atoms with Crippen LogP contribution in [0.5, 0.6) is 0 Å². The Morgan fingerprint density at radius 1 is 0.773 bits per heavy atom. The van der Waals surface area contributed by atoms with E-state index in [0.29, 0.717) is 0 Å². The molecule has 0 aromatic heterocycles. The molecule has 0 saturated carbocycles. The van der Waals surface area contributed by atoms with E-state index in [1.165, 1.54) is 48.5 Å². The first kappa shape index (κ1) is 15.5. The number of anilines is 1. The summed E-state index contributed by atoms with van der Waals surface area (Å²) in [5, 5.41) is 17.5. The molecule has 3 N–H and O–H groups in total. The number of carbonyl (C=O) groups is 2. The number of nitrogens with one attached hydrogen (secondary N) is 1. The molecule has 0 fully saturated rings. The molecule has 0 aliphatic carbocycles. The fourth-order valence-electron chi connectivity index (χ4n) is 1.67. The second-order valence-corrected chi connectivity index (χ2v) is 6.00. The summed E-state index contributed by atoms with van der Waals surface area (Å²) in [4.78, 5) is 21.3. The molecule has 114 valence electrons. The molecule has 2 aromatic rings. The topological polar surface area (TPSA) is 121 Å². The Morgan fingerprint density at radius 2 is 1.18 bits per heavy atom. The highest BCUT2D eigenvalue weighted by Crippen LogP contribution is 2.17. The molecular weight excluding hydrogens is 310 g/mol. The zero-order valence-corrected chi connectivity index (χ0v) is 11.9. The van der Waals surface area contributed by atoms with Gasteiger partial charge in [0.1, 0.15) is 0 Å².